The van der Waals surface area contributed by atoms with E-state index in [-0.39, 0.29) is 16.9 Å². The zero-order valence-corrected chi connectivity index (χ0v) is 14.8. The Hall–Kier alpha value is -1.86. The van der Waals surface area contributed by atoms with Crippen LogP contribution >= 0.6 is 0 Å². The van der Waals surface area contributed by atoms with Gasteiger partial charge in [-0.3, -0.25) is 0 Å². The summed E-state index contributed by atoms with van der Waals surface area (Å²) in [6.45, 7) is 7.58. The van der Waals surface area contributed by atoms with Crippen molar-refractivity contribution in [2.75, 3.05) is 14.2 Å². The Labute approximate surface area is 141 Å². The van der Waals surface area contributed by atoms with E-state index in [2.05, 4.69) is 4.74 Å². The summed E-state index contributed by atoms with van der Waals surface area (Å²) in [4.78, 5) is 11.6. The molecule has 0 N–H and O–H groups in total. The highest BCUT2D eigenvalue weighted by Gasteiger charge is 2.50. The first-order valence-electron chi connectivity index (χ1n) is 7.61. The molecule has 2 rings (SSSR count). The van der Waals surface area contributed by atoms with Crippen LogP contribution in [0.5, 0.6) is 5.75 Å². The molecule has 0 aliphatic carbocycles. The van der Waals surface area contributed by atoms with Crippen LogP contribution < -0.4 is 4.74 Å². The number of carbonyl (C=O) groups excluding carboxylic acids is 1. The summed E-state index contributed by atoms with van der Waals surface area (Å²) in [5, 5.41) is 0. The Morgan fingerprint density at radius 1 is 1.17 bits per heavy atom. The minimum absolute atomic E-state index is 0.229. The zero-order chi connectivity index (χ0) is 18.1. The van der Waals surface area contributed by atoms with Crippen LogP contribution in [0.25, 0.3) is 5.83 Å². The van der Waals surface area contributed by atoms with Crippen LogP contribution in [0.3, 0.4) is 0 Å². The SMILES string of the molecule is COC(=O)c1ccc(/C(F)=C/B2OC(C)(C)C(C)(C)O2)cc1OC. The lowest BCUT2D eigenvalue weighted by Gasteiger charge is -2.32. The maximum absolute atomic E-state index is 14.6. The van der Waals surface area contributed by atoms with E-state index in [1.54, 1.807) is 0 Å². The van der Waals surface area contributed by atoms with E-state index in [4.69, 9.17) is 14.0 Å². The second kappa shape index (κ2) is 6.57. The molecule has 1 aliphatic rings. The van der Waals surface area contributed by atoms with Crippen molar-refractivity contribution in [2.24, 2.45) is 0 Å². The number of halogens is 1. The molecule has 1 heterocycles. The molecule has 1 aromatic carbocycles. The summed E-state index contributed by atoms with van der Waals surface area (Å²) in [5.74, 6) is 0.428. The molecular weight excluding hydrogens is 314 g/mol. The third kappa shape index (κ3) is 3.47. The summed E-state index contributed by atoms with van der Waals surface area (Å²) >= 11 is 0. The molecule has 1 saturated heterocycles. The van der Waals surface area contributed by atoms with E-state index in [1.807, 2.05) is 27.7 Å². The molecule has 5 nitrogen and oxygen atoms in total. The van der Waals surface area contributed by atoms with E-state index >= 15 is 0 Å². The molecule has 24 heavy (non-hydrogen) atoms. The Bertz CT molecular complexity index is 653. The van der Waals surface area contributed by atoms with Gasteiger partial charge in [-0.25, -0.2) is 9.18 Å². The van der Waals surface area contributed by atoms with E-state index in [9.17, 15) is 9.18 Å². The van der Waals surface area contributed by atoms with E-state index in [0.717, 1.165) is 0 Å². The van der Waals surface area contributed by atoms with Crippen molar-refractivity contribution in [3.8, 4) is 5.75 Å². The molecule has 1 aromatic rings. The van der Waals surface area contributed by atoms with E-state index < -0.39 is 30.1 Å². The fourth-order valence-corrected chi connectivity index (χ4v) is 2.29. The fourth-order valence-electron chi connectivity index (χ4n) is 2.29. The first-order valence-corrected chi connectivity index (χ1v) is 7.61. The van der Waals surface area contributed by atoms with Gasteiger partial charge in [-0.2, -0.15) is 0 Å². The Kier molecular flexibility index (Phi) is 5.06. The zero-order valence-electron chi connectivity index (χ0n) is 14.8. The maximum atomic E-state index is 14.6. The highest BCUT2D eigenvalue weighted by atomic mass is 19.1. The number of benzene rings is 1. The van der Waals surface area contributed by atoms with Gasteiger partial charge in [0.1, 0.15) is 17.1 Å². The van der Waals surface area contributed by atoms with Gasteiger partial charge in [0.05, 0.1) is 25.4 Å². The molecule has 0 saturated carbocycles. The summed E-state index contributed by atoms with van der Waals surface area (Å²) in [6.07, 6.45) is 0. The van der Waals surface area contributed by atoms with Gasteiger partial charge < -0.3 is 18.8 Å². The highest BCUT2D eigenvalue weighted by Crippen LogP contribution is 2.38. The fraction of sp³-hybridized carbons (Fsp3) is 0.471. The average molecular weight is 336 g/mol. The largest absolute Gasteiger partial charge is 0.496 e. The van der Waals surface area contributed by atoms with Crippen molar-refractivity contribution in [3.05, 3.63) is 35.3 Å². The molecule has 0 atom stereocenters. The second-order valence-electron chi connectivity index (χ2n) is 6.55. The predicted molar refractivity (Wildman–Crippen MR) is 89.5 cm³/mol. The monoisotopic (exact) mass is 336 g/mol. The molecule has 1 fully saturated rings. The Morgan fingerprint density at radius 3 is 2.25 bits per heavy atom. The normalized spacial score (nSPS) is 19.3. The smallest absolute Gasteiger partial charge is 0.490 e. The maximum Gasteiger partial charge on any atom is 0.490 e. The van der Waals surface area contributed by atoms with Crippen LogP contribution in [-0.2, 0) is 14.0 Å². The molecule has 130 valence electrons. The van der Waals surface area contributed by atoms with Crippen LogP contribution in [0, 0.1) is 0 Å². The van der Waals surface area contributed by atoms with Crippen LogP contribution in [-0.4, -0.2) is 38.5 Å². The highest BCUT2D eigenvalue weighted by molar-refractivity contribution is 6.53. The van der Waals surface area contributed by atoms with Gasteiger partial charge in [0.15, 0.2) is 0 Å². The van der Waals surface area contributed by atoms with Crippen molar-refractivity contribution in [1.82, 2.24) is 0 Å². The minimum atomic E-state index is -0.790. The summed E-state index contributed by atoms with van der Waals surface area (Å²) in [6, 6.07) is 4.37. The molecule has 0 spiro atoms. The Balaban J connectivity index is 2.27. The number of rotatable bonds is 4. The van der Waals surface area contributed by atoms with Crippen molar-refractivity contribution < 1.29 is 28.0 Å². The van der Waals surface area contributed by atoms with Gasteiger partial charge in [-0.05, 0) is 45.8 Å². The number of carbonyl (C=O) groups is 1. The third-order valence-electron chi connectivity index (χ3n) is 4.44. The molecule has 1 aliphatic heterocycles. The van der Waals surface area contributed by atoms with Gasteiger partial charge in [0.25, 0.3) is 0 Å². The van der Waals surface area contributed by atoms with Gasteiger partial charge in [-0.1, -0.05) is 6.07 Å². The summed E-state index contributed by atoms with van der Waals surface area (Å²) in [7, 11) is 1.89. The molecule has 0 aromatic heterocycles. The number of ether oxygens (including phenoxy) is 2. The van der Waals surface area contributed by atoms with Crippen LogP contribution in [0.2, 0.25) is 0 Å². The first kappa shape index (κ1) is 18.5. The number of esters is 1. The predicted octanol–water partition coefficient (Wildman–Crippen LogP) is 3.42. The number of methoxy groups -OCH3 is 2. The standard InChI is InChI=1S/C17H22BFO5/c1-16(2)17(3,4)24-18(23-16)10-13(19)11-7-8-12(15(20)22-6)14(9-11)21-5/h7-10H,1-6H3/b13-10-. The van der Waals surface area contributed by atoms with E-state index in [0.29, 0.717) is 0 Å². The number of hydrogen-bond donors (Lipinski definition) is 0. The molecular formula is C17H22BFO5. The van der Waals surface area contributed by atoms with Crippen LogP contribution in [0.1, 0.15) is 43.6 Å². The van der Waals surface area contributed by atoms with Crippen molar-refractivity contribution in [2.45, 2.75) is 38.9 Å². The summed E-state index contributed by atoms with van der Waals surface area (Å²) < 4.78 is 35.9. The first-order chi connectivity index (χ1) is 11.1. The van der Waals surface area contributed by atoms with E-state index in [1.165, 1.54) is 38.4 Å². The molecule has 0 unspecified atom stereocenters. The van der Waals surface area contributed by atoms with Crippen LogP contribution in [0.4, 0.5) is 4.39 Å². The topological polar surface area (TPSA) is 54.0 Å². The minimum Gasteiger partial charge on any atom is -0.496 e. The lowest BCUT2D eigenvalue weighted by Crippen LogP contribution is -2.41. The molecule has 7 heteroatoms. The number of hydrogen-bond acceptors (Lipinski definition) is 5. The second-order valence-corrected chi connectivity index (χ2v) is 6.55. The van der Waals surface area contributed by atoms with Gasteiger partial charge in [0, 0.05) is 5.56 Å². The van der Waals surface area contributed by atoms with Crippen molar-refractivity contribution in [1.29, 1.82) is 0 Å². The molecule has 0 bridgehead atoms. The summed E-state index contributed by atoms with van der Waals surface area (Å²) in [5.41, 5.74) is -0.594. The van der Waals surface area contributed by atoms with Gasteiger partial charge in [-0.15, -0.1) is 0 Å². The molecule has 0 radical (unpaired) electrons. The lowest BCUT2D eigenvalue weighted by atomic mass is 9.88. The Morgan fingerprint density at radius 2 is 1.75 bits per heavy atom. The van der Waals surface area contributed by atoms with Crippen molar-refractivity contribution in [3.63, 3.8) is 0 Å². The molecule has 0 amide bonds. The average Bonchev–Trinajstić information content (AvgIpc) is 2.72. The third-order valence-corrected chi connectivity index (χ3v) is 4.44. The van der Waals surface area contributed by atoms with Gasteiger partial charge in [0.2, 0.25) is 0 Å². The van der Waals surface area contributed by atoms with Crippen LogP contribution in [0.15, 0.2) is 24.2 Å². The quantitative estimate of drug-likeness (QED) is 0.623. The van der Waals surface area contributed by atoms with Gasteiger partial charge >= 0.3 is 13.1 Å². The van der Waals surface area contributed by atoms with Crippen molar-refractivity contribution >= 4 is 18.9 Å². The lowest BCUT2D eigenvalue weighted by molar-refractivity contribution is 0.00578.